The van der Waals surface area contributed by atoms with Gasteiger partial charge in [-0.3, -0.25) is 0 Å². The first kappa shape index (κ1) is 12.0. The molecule has 2 bridgehead atoms. The van der Waals surface area contributed by atoms with E-state index in [1.807, 2.05) is 0 Å². The second-order valence-electron chi connectivity index (χ2n) is 5.90. The molecule has 0 radical (unpaired) electrons. The summed E-state index contributed by atoms with van der Waals surface area (Å²) in [5.74, 6) is 1.08. The zero-order valence-electron chi connectivity index (χ0n) is 11.4. The lowest BCUT2D eigenvalue weighted by Crippen LogP contribution is -2.51. The molecule has 18 heavy (non-hydrogen) atoms. The van der Waals surface area contributed by atoms with Gasteiger partial charge in [-0.25, -0.2) is 0 Å². The Bertz CT molecular complexity index is 417. The lowest BCUT2D eigenvalue weighted by Gasteiger charge is -2.40. The third kappa shape index (κ3) is 2.39. The summed E-state index contributed by atoms with van der Waals surface area (Å²) in [6.45, 7) is 4.31. The first-order valence-electron chi connectivity index (χ1n) is 7.21. The molecule has 0 aromatic heterocycles. The van der Waals surface area contributed by atoms with E-state index in [0.717, 1.165) is 5.75 Å². The number of hydrogen-bond donors (Lipinski definition) is 1. The summed E-state index contributed by atoms with van der Waals surface area (Å²) in [6.07, 6.45) is 6.78. The molecule has 3 atom stereocenters. The summed E-state index contributed by atoms with van der Waals surface area (Å²) in [5.41, 5.74) is 2.61. The molecule has 3 rings (SSSR count). The molecule has 2 aliphatic rings. The van der Waals surface area contributed by atoms with E-state index in [1.165, 1.54) is 43.2 Å². The molecule has 2 fully saturated rings. The van der Waals surface area contributed by atoms with Crippen LogP contribution >= 0.6 is 0 Å². The predicted molar refractivity (Wildman–Crippen MR) is 74.1 cm³/mol. The van der Waals surface area contributed by atoms with Gasteiger partial charge >= 0.3 is 0 Å². The smallest absolute Gasteiger partial charge is 0.122 e. The number of piperidine rings is 2. The molecule has 0 spiro atoms. The van der Waals surface area contributed by atoms with Gasteiger partial charge in [-0.15, -0.1) is 0 Å². The van der Waals surface area contributed by atoms with Gasteiger partial charge in [0, 0.05) is 12.1 Å². The van der Waals surface area contributed by atoms with Crippen LogP contribution in [0.4, 0.5) is 0 Å². The van der Waals surface area contributed by atoms with Gasteiger partial charge in [-0.05, 0) is 56.7 Å². The molecular formula is C16H23NO. The Kier molecular flexibility index (Phi) is 3.29. The average Bonchev–Trinajstić information content (AvgIpc) is 2.35. The Morgan fingerprint density at radius 1 is 1.11 bits per heavy atom. The van der Waals surface area contributed by atoms with Gasteiger partial charge in [0.2, 0.25) is 0 Å². The van der Waals surface area contributed by atoms with Crippen LogP contribution in [0.2, 0.25) is 0 Å². The van der Waals surface area contributed by atoms with Crippen LogP contribution in [0, 0.1) is 13.8 Å². The van der Waals surface area contributed by atoms with E-state index in [9.17, 15) is 0 Å². The quantitative estimate of drug-likeness (QED) is 0.862. The first-order valence-corrected chi connectivity index (χ1v) is 7.21. The normalized spacial score (nSPS) is 31.1. The van der Waals surface area contributed by atoms with Crippen molar-refractivity contribution in [3.05, 3.63) is 29.3 Å². The van der Waals surface area contributed by atoms with Crippen molar-refractivity contribution in [2.24, 2.45) is 0 Å². The number of ether oxygens (including phenoxy) is 1. The van der Waals surface area contributed by atoms with E-state index in [0.29, 0.717) is 18.2 Å². The maximum absolute atomic E-state index is 6.26. The third-order valence-electron chi connectivity index (χ3n) is 4.52. The van der Waals surface area contributed by atoms with Crippen LogP contribution in [0.5, 0.6) is 5.75 Å². The first-order chi connectivity index (χ1) is 8.72. The molecule has 0 aliphatic carbocycles. The monoisotopic (exact) mass is 245 g/mol. The summed E-state index contributed by atoms with van der Waals surface area (Å²) in [6, 6.07) is 7.74. The van der Waals surface area contributed by atoms with E-state index in [1.54, 1.807) is 0 Å². The van der Waals surface area contributed by atoms with Gasteiger partial charge in [0.1, 0.15) is 11.9 Å². The summed E-state index contributed by atoms with van der Waals surface area (Å²) in [7, 11) is 0. The highest BCUT2D eigenvalue weighted by atomic mass is 16.5. The van der Waals surface area contributed by atoms with Crippen LogP contribution in [-0.2, 0) is 0 Å². The highest BCUT2D eigenvalue weighted by Gasteiger charge is 2.32. The molecule has 2 aliphatic heterocycles. The SMILES string of the molecule is Cc1cccc(O[C@@H]2C[C@H]3CCC[C@@H](C2)N3)c1C. The molecule has 1 aromatic carbocycles. The van der Waals surface area contributed by atoms with Crippen molar-refractivity contribution in [1.29, 1.82) is 0 Å². The van der Waals surface area contributed by atoms with Crippen molar-refractivity contribution in [2.45, 2.75) is 64.1 Å². The maximum atomic E-state index is 6.26. The van der Waals surface area contributed by atoms with Gasteiger partial charge in [-0.1, -0.05) is 18.6 Å². The summed E-state index contributed by atoms with van der Waals surface area (Å²) >= 11 is 0. The fraction of sp³-hybridized carbons (Fsp3) is 0.625. The minimum absolute atomic E-state index is 0.405. The van der Waals surface area contributed by atoms with Gasteiger partial charge in [0.25, 0.3) is 0 Å². The maximum Gasteiger partial charge on any atom is 0.122 e. The number of nitrogens with one attached hydrogen (secondary N) is 1. The summed E-state index contributed by atoms with van der Waals surface area (Å²) in [5, 5.41) is 3.71. The van der Waals surface area contributed by atoms with E-state index >= 15 is 0 Å². The Labute approximate surface area is 110 Å². The van der Waals surface area contributed by atoms with Crippen molar-refractivity contribution >= 4 is 0 Å². The van der Waals surface area contributed by atoms with Crippen LogP contribution in [-0.4, -0.2) is 18.2 Å². The van der Waals surface area contributed by atoms with Gasteiger partial charge in [-0.2, -0.15) is 0 Å². The molecule has 1 N–H and O–H groups in total. The van der Waals surface area contributed by atoms with Gasteiger partial charge < -0.3 is 10.1 Å². The summed E-state index contributed by atoms with van der Waals surface area (Å²) in [4.78, 5) is 0. The second-order valence-corrected chi connectivity index (χ2v) is 5.90. The molecule has 2 nitrogen and oxygen atoms in total. The van der Waals surface area contributed by atoms with Crippen LogP contribution in [0.1, 0.15) is 43.2 Å². The molecule has 0 saturated carbocycles. The fourth-order valence-corrected chi connectivity index (χ4v) is 3.34. The highest BCUT2D eigenvalue weighted by Crippen LogP contribution is 2.30. The Hall–Kier alpha value is -1.02. The molecule has 2 heteroatoms. The number of aryl methyl sites for hydroxylation is 1. The Morgan fingerprint density at radius 2 is 1.83 bits per heavy atom. The van der Waals surface area contributed by atoms with Crippen molar-refractivity contribution < 1.29 is 4.74 Å². The standard InChI is InChI=1S/C16H23NO/c1-11-5-3-8-16(12(11)2)18-15-9-13-6-4-7-14(10-15)17-13/h3,5,8,13-15,17H,4,6-7,9-10H2,1-2H3/t13-,14+,15-. The summed E-state index contributed by atoms with van der Waals surface area (Å²) < 4.78 is 6.26. The van der Waals surface area contributed by atoms with E-state index in [4.69, 9.17) is 4.74 Å². The number of fused-ring (bicyclic) bond motifs is 2. The highest BCUT2D eigenvalue weighted by molar-refractivity contribution is 5.38. The minimum atomic E-state index is 0.405. The Morgan fingerprint density at radius 3 is 2.56 bits per heavy atom. The number of hydrogen-bond acceptors (Lipinski definition) is 2. The molecule has 0 amide bonds. The predicted octanol–water partition coefficient (Wildman–Crippen LogP) is 3.36. The van der Waals surface area contributed by atoms with Crippen LogP contribution < -0.4 is 10.1 Å². The minimum Gasteiger partial charge on any atom is -0.490 e. The van der Waals surface area contributed by atoms with E-state index in [-0.39, 0.29) is 0 Å². The number of benzene rings is 1. The van der Waals surface area contributed by atoms with E-state index in [2.05, 4.69) is 37.4 Å². The zero-order chi connectivity index (χ0) is 12.5. The fourth-order valence-electron chi connectivity index (χ4n) is 3.34. The van der Waals surface area contributed by atoms with Crippen molar-refractivity contribution in [3.8, 4) is 5.75 Å². The lowest BCUT2D eigenvalue weighted by molar-refractivity contribution is 0.0921. The zero-order valence-corrected chi connectivity index (χ0v) is 11.4. The molecular weight excluding hydrogens is 222 g/mol. The largest absolute Gasteiger partial charge is 0.490 e. The topological polar surface area (TPSA) is 21.3 Å². The van der Waals surface area contributed by atoms with Crippen molar-refractivity contribution in [3.63, 3.8) is 0 Å². The van der Waals surface area contributed by atoms with Crippen LogP contribution in [0.3, 0.4) is 0 Å². The molecule has 1 aromatic rings. The van der Waals surface area contributed by atoms with Gasteiger partial charge in [0.15, 0.2) is 0 Å². The third-order valence-corrected chi connectivity index (χ3v) is 4.52. The molecule has 2 heterocycles. The van der Waals surface area contributed by atoms with Crippen LogP contribution in [0.25, 0.3) is 0 Å². The second kappa shape index (κ2) is 4.93. The van der Waals surface area contributed by atoms with Crippen LogP contribution in [0.15, 0.2) is 18.2 Å². The Balaban J connectivity index is 1.71. The lowest BCUT2D eigenvalue weighted by atomic mass is 9.85. The van der Waals surface area contributed by atoms with Crippen molar-refractivity contribution in [2.75, 3.05) is 0 Å². The molecule has 98 valence electrons. The van der Waals surface area contributed by atoms with Crippen molar-refractivity contribution in [1.82, 2.24) is 5.32 Å². The average molecular weight is 245 g/mol. The number of rotatable bonds is 2. The molecule has 2 saturated heterocycles. The molecule has 0 unspecified atom stereocenters. The van der Waals surface area contributed by atoms with E-state index < -0.39 is 0 Å². The van der Waals surface area contributed by atoms with Gasteiger partial charge in [0.05, 0.1) is 0 Å².